The molecule has 33 heavy (non-hydrogen) atoms. The van der Waals surface area contributed by atoms with Gasteiger partial charge in [-0.25, -0.2) is 4.98 Å². The zero-order chi connectivity index (χ0) is 21.9. The smallest absolute Gasteiger partial charge is 0.226 e. The van der Waals surface area contributed by atoms with E-state index in [1.807, 2.05) is 84.9 Å². The van der Waals surface area contributed by atoms with E-state index in [0.29, 0.717) is 11.6 Å². The van der Waals surface area contributed by atoms with Crippen LogP contribution in [0.3, 0.4) is 0 Å². The van der Waals surface area contributed by atoms with Crippen LogP contribution in [0.25, 0.3) is 66.7 Å². The van der Waals surface area contributed by atoms with Gasteiger partial charge in [-0.15, -0.1) is 0 Å². The van der Waals surface area contributed by atoms with Crippen LogP contribution in [0.15, 0.2) is 93.8 Å². The van der Waals surface area contributed by atoms with Crippen molar-refractivity contribution < 1.29 is 8.83 Å². The second-order valence-electron chi connectivity index (χ2n) is 7.84. The number of para-hydroxylation sites is 3. The Hall–Kier alpha value is -4.22. The minimum Gasteiger partial charge on any atom is -0.456 e. The van der Waals surface area contributed by atoms with E-state index in [0.717, 1.165) is 55.0 Å². The minimum absolute atomic E-state index is 0.125. The van der Waals surface area contributed by atoms with E-state index in [2.05, 4.69) is 9.97 Å². The summed E-state index contributed by atoms with van der Waals surface area (Å²) in [5.41, 5.74) is 4.80. The van der Waals surface area contributed by atoms with Crippen molar-refractivity contribution in [1.82, 2.24) is 15.0 Å². The first kappa shape index (κ1) is 18.4. The molecule has 0 N–H and O–H groups in total. The van der Waals surface area contributed by atoms with Gasteiger partial charge >= 0.3 is 0 Å². The Labute approximate surface area is 192 Å². The van der Waals surface area contributed by atoms with Crippen molar-refractivity contribution in [3.63, 3.8) is 0 Å². The Morgan fingerprint density at radius 2 is 1.21 bits per heavy atom. The van der Waals surface area contributed by atoms with Crippen molar-refractivity contribution in [2.45, 2.75) is 0 Å². The maximum atomic E-state index is 6.36. The monoisotopic (exact) mass is 447 g/mol. The van der Waals surface area contributed by atoms with Crippen LogP contribution in [0.1, 0.15) is 0 Å². The highest BCUT2D eigenvalue weighted by molar-refractivity contribution is 6.28. The Kier molecular flexibility index (Phi) is 3.83. The summed E-state index contributed by atoms with van der Waals surface area (Å²) in [4.78, 5) is 13.6. The molecule has 3 aromatic heterocycles. The molecular weight excluding hydrogens is 434 g/mol. The number of rotatable bonds is 2. The van der Waals surface area contributed by atoms with E-state index in [1.54, 1.807) is 0 Å². The number of nitrogens with zero attached hydrogens (tertiary/aromatic N) is 3. The highest BCUT2D eigenvalue weighted by Crippen LogP contribution is 2.36. The van der Waals surface area contributed by atoms with E-state index >= 15 is 0 Å². The van der Waals surface area contributed by atoms with E-state index < -0.39 is 0 Å². The molecule has 5 nitrogen and oxygen atoms in total. The number of halogens is 1. The normalized spacial score (nSPS) is 11.8. The first-order valence-corrected chi connectivity index (χ1v) is 10.9. The van der Waals surface area contributed by atoms with Crippen LogP contribution in [0.2, 0.25) is 5.28 Å². The highest BCUT2D eigenvalue weighted by atomic mass is 35.5. The van der Waals surface area contributed by atoms with Crippen molar-refractivity contribution in [3.8, 4) is 22.8 Å². The first-order chi connectivity index (χ1) is 16.2. The summed E-state index contributed by atoms with van der Waals surface area (Å²) in [7, 11) is 0. The Bertz CT molecular complexity index is 1850. The standard InChI is InChI=1S/C27H14ClN3O2/c28-27-30-25(15-12-13-23-20(14-15)17-7-2-3-10-21(17)32-23)29-26(31-27)19-9-5-8-18-16-6-1-4-11-22(16)33-24(18)19/h1-14H. The zero-order valence-electron chi connectivity index (χ0n) is 17.1. The predicted octanol–water partition coefficient (Wildman–Crippen LogP) is 7.66. The van der Waals surface area contributed by atoms with Gasteiger partial charge in [-0.3, -0.25) is 0 Å². The molecule has 3 heterocycles. The Morgan fingerprint density at radius 1 is 0.545 bits per heavy atom. The van der Waals surface area contributed by atoms with Crippen molar-refractivity contribution in [3.05, 3.63) is 90.2 Å². The number of fused-ring (bicyclic) bond motifs is 6. The van der Waals surface area contributed by atoms with E-state index in [9.17, 15) is 0 Å². The fraction of sp³-hybridized carbons (Fsp3) is 0. The van der Waals surface area contributed by atoms with E-state index in [1.165, 1.54) is 0 Å². The topological polar surface area (TPSA) is 65.0 Å². The number of furan rings is 2. The highest BCUT2D eigenvalue weighted by Gasteiger charge is 2.17. The molecular formula is C27H14ClN3O2. The maximum Gasteiger partial charge on any atom is 0.226 e. The number of hydrogen-bond donors (Lipinski definition) is 0. The van der Waals surface area contributed by atoms with Crippen molar-refractivity contribution in [2.24, 2.45) is 0 Å². The molecule has 0 amide bonds. The van der Waals surface area contributed by atoms with Crippen LogP contribution >= 0.6 is 11.6 Å². The number of hydrogen-bond acceptors (Lipinski definition) is 5. The molecule has 0 atom stereocenters. The predicted molar refractivity (Wildman–Crippen MR) is 130 cm³/mol. The number of aromatic nitrogens is 3. The third kappa shape index (κ3) is 2.83. The molecule has 0 aliphatic heterocycles. The fourth-order valence-electron chi connectivity index (χ4n) is 4.39. The van der Waals surface area contributed by atoms with Crippen molar-refractivity contribution >= 4 is 55.5 Å². The molecule has 0 fully saturated rings. The molecule has 0 spiro atoms. The molecule has 4 aromatic carbocycles. The SMILES string of the molecule is Clc1nc(-c2ccc3oc4ccccc4c3c2)nc(-c2cccc3c2oc2ccccc23)n1. The molecule has 0 saturated carbocycles. The van der Waals surface area contributed by atoms with Gasteiger partial charge in [0.15, 0.2) is 11.6 Å². The van der Waals surface area contributed by atoms with Gasteiger partial charge < -0.3 is 8.83 Å². The molecule has 0 saturated heterocycles. The summed E-state index contributed by atoms with van der Waals surface area (Å²) in [5, 5.41) is 4.22. The molecule has 0 bridgehead atoms. The largest absolute Gasteiger partial charge is 0.456 e. The maximum absolute atomic E-state index is 6.36. The van der Waals surface area contributed by atoms with Gasteiger partial charge in [0, 0.05) is 27.1 Å². The van der Waals surface area contributed by atoms with Gasteiger partial charge in [0.2, 0.25) is 5.28 Å². The average molecular weight is 448 g/mol. The summed E-state index contributed by atoms with van der Waals surface area (Å²) in [6.07, 6.45) is 0. The summed E-state index contributed by atoms with van der Waals surface area (Å²) in [6.45, 7) is 0. The summed E-state index contributed by atoms with van der Waals surface area (Å²) in [5.74, 6) is 0.956. The van der Waals surface area contributed by atoms with Crippen LogP contribution in [0.5, 0.6) is 0 Å². The van der Waals surface area contributed by atoms with Gasteiger partial charge in [0.25, 0.3) is 0 Å². The van der Waals surface area contributed by atoms with Gasteiger partial charge in [-0.05, 0) is 48.0 Å². The summed E-state index contributed by atoms with van der Waals surface area (Å²) >= 11 is 6.36. The van der Waals surface area contributed by atoms with Gasteiger partial charge in [0.1, 0.15) is 22.3 Å². The molecule has 0 aliphatic rings. The third-order valence-electron chi connectivity index (χ3n) is 5.89. The molecule has 0 aliphatic carbocycles. The van der Waals surface area contributed by atoms with Crippen molar-refractivity contribution in [2.75, 3.05) is 0 Å². The lowest BCUT2D eigenvalue weighted by Crippen LogP contribution is -1.97. The third-order valence-corrected chi connectivity index (χ3v) is 6.06. The van der Waals surface area contributed by atoms with Crippen LogP contribution in [-0.4, -0.2) is 15.0 Å². The van der Waals surface area contributed by atoms with Crippen molar-refractivity contribution in [1.29, 1.82) is 0 Å². The van der Waals surface area contributed by atoms with Crippen LogP contribution in [0, 0.1) is 0 Å². The average Bonchev–Trinajstić information content (AvgIpc) is 3.41. The van der Waals surface area contributed by atoms with Crippen LogP contribution in [0.4, 0.5) is 0 Å². The second kappa shape index (κ2) is 6.89. The summed E-state index contributed by atoms with van der Waals surface area (Å²) < 4.78 is 12.1. The minimum atomic E-state index is 0.125. The lowest BCUT2D eigenvalue weighted by molar-refractivity contribution is 0.669. The zero-order valence-corrected chi connectivity index (χ0v) is 17.9. The Morgan fingerprint density at radius 3 is 2.06 bits per heavy atom. The Balaban J connectivity index is 1.44. The molecule has 156 valence electrons. The van der Waals surface area contributed by atoms with Gasteiger partial charge in [0.05, 0.1) is 5.56 Å². The van der Waals surface area contributed by atoms with Gasteiger partial charge in [-0.1, -0.05) is 48.5 Å². The second-order valence-corrected chi connectivity index (χ2v) is 8.18. The van der Waals surface area contributed by atoms with E-state index in [4.69, 9.17) is 25.4 Å². The quantitative estimate of drug-likeness (QED) is 0.272. The molecule has 6 heteroatoms. The lowest BCUT2D eigenvalue weighted by atomic mass is 10.1. The molecule has 7 aromatic rings. The lowest BCUT2D eigenvalue weighted by Gasteiger charge is -2.06. The molecule has 0 unspecified atom stereocenters. The fourth-order valence-corrected chi connectivity index (χ4v) is 4.55. The summed E-state index contributed by atoms with van der Waals surface area (Å²) in [6, 6.07) is 27.7. The molecule has 7 rings (SSSR count). The van der Waals surface area contributed by atoms with E-state index in [-0.39, 0.29) is 5.28 Å². The van der Waals surface area contributed by atoms with Gasteiger partial charge in [-0.2, -0.15) is 9.97 Å². The molecule has 0 radical (unpaired) electrons. The number of benzene rings is 4. The van der Waals surface area contributed by atoms with Crippen LogP contribution < -0.4 is 0 Å². The van der Waals surface area contributed by atoms with Crippen LogP contribution in [-0.2, 0) is 0 Å². The first-order valence-electron chi connectivity index (χ1n) is 10.5.